The molecule has 0 heterocycles. The molecule has 0 aliphatic heterocycles. The topological polar surface area (TPSA) is 32.3 Å². The zero-order chi connectivity index (χ0) is 13.4. The minimum atomic E-state index is 0.0914. The Kier molecular flexibility index (Phi) is 6.76. The largest absolute Gasteiger partial charge is 0.356 e. The van der Waals surface area contributed by atoms with Crippen molar-refractivity contribution in [2.75, 3.05) is 27.2 Å². The van der Waals surface area contributed by atoms with Gasteiger partial charge in [0.25, 0.3) is 0 Å². The van der Waals surface area contributed by atoms with E-state index >= 15 is 0 Å². The molecule has 0 bridgehead atoms. The Hall–Kier alpha value is -1.06. The molecule has 0 spiro atoms. The van der Waals surface area contributed by atoms with Crippen LogP contribution in [0, 0.1) is 0 Å². The van der Waals surface area contributed by atoms with Gasteiger partial charge in [-0.1, -0.05) is 29.8 Å². The van der Waals surface area contributed by atoms with Crippen molar-refractivity contribution in [2.45, 2.75) is 19.3 Å². The summed E-state index contributed by atoms with van der Waals surface area (Å²) in [4.78, 5) is 13.7. The van der Waals surface area contributed by atoms with Crippen LogP contribution >= 0.6 is 11.6 Å². The first-order chi connectivity index (χ1) is 8.59. The summed E-state index contributed by atoms with van der Waals surface area (Å²) in [6.45, 7) is 1.73. The molecule has 1 aromatic carbocycles. The lowest BCUT2D eigenvalue weighted by Crippen LogP contribution is -2.27. The molecular formula is C14H21ClN2O. The zero-order valence-electron chi connectivity index (χ0n) is 11.1. The third-order valence-electron chi connectivity index (χ3n) is 2.68. The molecule has 0 aliphatic carbocycles. The number of aryl methyl sites for hydroxylation is 1. The van der Waals surface area contributed by atoms with Gasteiger partial charge in [0, 0.05) is 18.0 Å². The summed E-state index contributed by atoms with van der Waals surface area (Å²) in [5, 5.41) is 3.65. The summed E-state index contributed by atoms with van der Waals surface area (Å²) in [5.41, 5.74) is 1.03. The van der Waals surface area contributed by atoms with Crippen LogP contribution in [0.25, 0.3) is 0 Å². The molecule has 100 valence electrons. The molecule has 0 saturated carbocycles. The van der Waals surface area contributed by atoms with Crippen molar-refractivity contribution >= 4 is 17.5 Å². The van der Waals surface area contributed by atoms with Crippen LogP contribution in [-0.2, 0) is 11.2 Å². The molecule has 3 nitrogen and oxygen atoms in total. The van der Waals surface area contributed by atoms with Gasteiger partial charge in [-0.15, -0.1) is 0 Å². The minimum Gasteiger partial charge on any atom is -0.356 e. The molecule has 0 aromatic heterocycles. The Morgan fingerprint density at radius 3 is 2.72 bits per heavy atom. The van der Waals surface area contributed by atoms with Crippen LogP contribution in [0.2, 0.25) is 5.02 Å². The number of benzene rings is 1. The summed E-state index contributed by atoms with van der Waals surface area (Å²) in [6.07, 6.45) is 2.16. The van der Waals surface area contributed by atoms with Gasteiger partial charge in [0.1, 0.15) is 0 Å². The number of rotatable bonds is 7. The van der Waals surface area contributed by atoms with Crippen LogP contribution in [-0.4, -0.2) is 38.0 Å². The Bertz CT molecular complexity index is 380. The molecule has 18 heavy (non-hydrogen) atoms. The Morgan fingerprint density at radius 2 is 2.06 bits per heavy atom. The van der Waals surface area contributed by atoms with Gasteiger partial charge in [-0.3, -0.25) is 4.79 Å². The van der Waals surface area contributed by atoms with E-state index in [0.29, 0.717) is 12.8 Å². The van der Waals surface area contributed by atoms with Gasteiger partial charge >= 0.3 is 0 Å². The molecule has 4 heteroatoms. The predicted octanol–water partition coefficient (Wildman–Crippen LogP) is 2.34. The second-order valence-electron chi connectivity index (χ2n) is 4.60. The average Bonchev–Trinajstić information content (AvgIpc) is 2.33. The summed E-state index contributed by atoms with van der Waals surface area (Å²) in [7, 11) is 4.05. The molecule has 0 fully saturated rings. The number of nitrogens with zero attached hydrogens (tertiary/aromatic N) is 1. The van der Waals surface area contributed by atoms with E-state index in [-0.39, 0.29) is 5.91 Å². The summed E-state index contributed by atoms with van der Waals surface area (Å²) in [6, 6.07) is 7.65. The zero-order valence-corrected chi connectivity index (χ0v) is 11.8. The Morgan fingerprint density at radius 1 is 1.33 bits per heavy atom. The fourth-order valence-corrected chi connectivity index (χ4v) is 1.89. The molecule has 0 radical (unpaired) electrons. The Labute approximate surface area is 114 Å². The van der Waals surface area contributed by atoms with Crippen LogP contribution in [0.15, 0.2) is 24.3 Å². The number of amides is 1. The number of carbonyl (C=O) groups is 1. The van der Waals surface area contributed by atoms with Crippen molar-refractivity contribution in [3.8, 4) is 0 Å². The second-order valence-corrected chi connectivity index (χ2v) is 5.01. The maximum Gasteiger partial charge on any atom is 0.220 e. The lowest BCUT2D eigenvalue weighted by Gasteiger charge is -2.10. The monoisotopic (exact) mass is 268 g/mol. The lowest BCUT2D eigenvalue weighted by molar-refractivity contribution is -0.121. The molecule has 0 aliphatic rings. The van der Waals surface area contributed by atoms with Gasteiger partial charge in [0.05, 0.1) is 0 Å². The molecule has 1 amide bonds. The number of hydrogen-bond donors (Lipinski definition) is 1. The van der Waals surface area contributed by atoms with E-state index in [2.05, 4.69) is 10.2 Å². The summed E-state index contributed by atoms with van der Waals surface area (Å²) >= 11 is 6.03. The maximum atomic E-state index is 11.6. The first-order valence-electron chi connectivity index (χ1n) is 6.24. The van der Waals surface area contributed by atoms with Gasteiger partial charge in [0.15, 0.2) is 0 Å². The fraction of sp³-hybridized carbons (Fsp3) is 0.500. The van der Waals surface area contributed by atoms with Crippen LogP contribution in [0.1, 0.15) is 18.4 Å². The van der Waals surface area contributed by atoms with Crippen molar-refractivity contribution < 1.29 is 4.79 Å². The predicted molar refractivity (Wildman–Crippen MR) is 76.0 cm³/mol. The smallest absolute Gasteiger partial charge is 0.220 e. The van der Waals surface area contributed by atoms with Gasteiger partial charge in [0.2, 0.25) is 5.91 Å². The molecule has 1 N–H and O–H groups in total. The fourth-order valence-electron chi connectivity index (χ4n) is 1.66. The van der Waals surface area contributed by atoms with Crippen LogP contribution in [0.4, 0.5) is 0 Å². The number of hydrogen-bond acceptors (Lipinski definition) is 2. The van der Waals surface area contributed by atoms with Gasteiger partial charge in [-0.2, -0.15) is 0 Å². The number of nitrogens with one attached hydrogen (secondary N) is 1. The van der Waals surface area contributed by atoms with Gasteiger partial charge in [-0.25, -0.2) is 0 Å². The first-order valence-corrected chi connectivity index (χ1v) is 6.62. The van der Waals surface area contributed by atoms with E-state index in [1.54, 1.807) is 0 Å². The maximum absolute atomic E-state index is 11.6. The highest BCUT2D eigenvalue weighted by atomic mass is 35.5. The van der Waals surface area contributed by atoms with E-state index in [9.17, 15) is 4.79 Å². The van der Waals surface area contributed by atoms with Crippen LogP contribution in [0.3, 0.4) is 0 Å². The third kappa shape index (κ3) is 6.03. The van der Waals surface area contributed by atoms with Gasteiger partial charge < -0.3 is 10.2 Å². The normalized spacial score (nSPS) is 10.7. The standard InChI is InChI=1S/C14H21ClN2O/c1-17(2)11-5-10-16-14(18)9-8-12-6-3-4-7-13(12)15/h3-4,6-7H,5,8-11H2,1-2H3,(H,16,18). The lowest BCUT2D eigenvalue weighted by atomic mass is 10.1. The van der Waals surface area contributed by atoms with E-state index in [1.165, 1.54) is 0 Å². The number of carbonyl (C=O) groups excluding carboxylic acids is 1. The quantitative estimate of drug-likeness (QED) is 0.770. The molecule has 0 unspecified atom stereocenters. The Balaban J connectivity index is 2.19. The second kappa shape index (κ2) is 8.11. The minimum absolute atomic E-state index is 0.0914. The van der Waals surface area contributed by atoms with Gasteiger partial charge in [-0.05, 0) is 45.1 Å². The molecule has 1 aromatic rings. The molecular weight excluding hydrogens is 248 g/mol. The third-order valence-corrected chi connectivity index (χ3v) is 3.05. The van der Waals surface area contributed by atoms with Crippen LogP contribution in [0.5, 0.6) is 0 Å². The highest BCUT2D eigenvalue weighted by Crippen LogP contribution is 2.16. The van der Waals surface area contributed by atoms with E-state index in [1.807, 2.05) is 38.4 Å². The highest BCUT2D eigenvalue weighted by molar-refractivity contribution is 6.31. The summed E-state index contributed by atoms with van der Waals surface area (Å²) in [5.74, 6) is 0.0914. The molecule has 1 rings (SSSR count). The van der Waals surface area contributed by atoms with Crippen molar-refractivity contribution in [1.29, 1.82) is 0 Å². The van der Waals surface area contributed by atoms with Crippen LogP contribution < -0.4 is 5.32 Å². The number of halogens is 1. The SMILES string of the molecule is CN(C)CCCNC(=O)CCc1ccccc1Cl. The van der Waals surface area contributed by atoms with Crippen molar-refractivity contribution in [1.82, 2.24) is 10.2 Å². The van der Waals surface area contributed by atoms with E-state index in [0.717, 1.165) is 30.1 Å². The van der Waals surface area contributed by atoms with Crippen molar-refractivity contribution in [3.05, 3.63) is 34.9 Å². The van der Waals surface area contributed by atoms with E-state index in [4.69, 9.17) is 11.6 Å². The van der Waals surface area contributed by atoms with E-state index < -0.39 is 0 Å². The van der Waals surface area contributed by atoms with Crippen molar-refractivity contribution in [3.63, 3.8) is 0 Å². The molecule has 0 saturated heterocycles. The van der Waals surface area contributed by atoms with Crippen molar-refractivity contribution in [2.24, 2.45) is 0 Å². The first kappa shape index (κ1) is 15.0. The highest BCUT2D eigenvalue weighted by Gasteiger charge is 2.04. The molecule has 0 atom stereocenters. The average molecular weight is 269 g/mol. The summed E-state index contributed by atoms with van der Waals surface area (Å²) < 4.78 is 0.